The Hall–Kier alpha value is -1.43. The van der Waals surface area contributed by atoms with Crippen LogP contribution in [0.1, 0.15) is 11.1 Å². The zero-order valence-electron chi connectivity index (χ0n) is 12.7. The maximum atomic E-state index is 10.7. The Morgan fingerprint density at radius 1 is 1.19 bits per heavy atom. The molecule has 0 aliphatic carbocycles. The van der Waals surface area contributed by atoms with E-state index >= 15 is 0 Å². The molecule has 1 fully saturated rings. The lowest BCUT2D eigenvalue weighted by atomic mass is 10.0. The molecule has 0 radical (unpaired) electrons. The van der Waals surface area contributed by atoms with Crippen molar-refractivity contribution in [3.63, 3.8) is 0 Å². The lowest BCUT2D eigenvalue weighted by Crippen LogP contribution is -2.45. The monoisotopic (exact) mass is 291 g/mol. The standard InChI is InChI=1S/C16H25N3O2/c1-18-8-10-19(11-9-18)7-6-13-2-4-14(5-3-13)12-15(17)16(20)21/h2-5,15H,6-12,17H2,1H3,(H,20,21). The number of piperazine rings is 1. The van der Waals surface area contributed by atoms with Crippen molar-refractivity contribution in [2.45, 2.75) is 18.9 Å². The zero-order valence-corrected chi connectivity index (χ0v) is 12.7. The quantitative estimate of drug-likeness (QED) is 0.795. The summed E-state index contributed by atoms with van der Waals surface area (Å²) < 4.78 is 0. The van der Waals surface area contributed by atoms with Crippen LogP contribution in [0.5, 0.6) is 0 Å². The number of nitrogens with two attached hydrogens (primary N) is 1. The molecule has 0 amide bonds. The molecule has 21 heavy (non-hydrogen) atoms. The Morgan fingerprint density at radius 2 is 1.76 bits per heavy atom. The maximum absolute atomic E-state index is 10.7. The number of carboxylic acids is 1. The minimum atomic E-state index is -0.950. The maximum Gasteiger partial charge on any atom is 0.320 e. The summed E-state index contributed by atoms with van der Waals surface area (Å²) >= 11 is 0. The molecule has 1 aromatic carbocycles. The van der Waals surface area contributed by atoms with Crippen LogP contribution in [-0.2, 0) is 17.6 Å². The molecule has 5 nitrogen and oxygen atoms in total. The van der Waals surface area contributed by atoms with E-state index in [0.717, 1.165) is 44.7 Å². The molecule has 0 saturated carbocycles. The Labute approximate surface area is 126 Å². The molecule has 3 N–H and O–H groups in total. The number of rotatable bonds is 6. The average molecular weight is 291 g/mol. The van der Waals surface area contributed by atoms with Gasteiger partial charge in [0.2, 0.25) is 0 Å². The number of nitrogens with zero attached hydrogens (tertiary/aromatic N) is 2. The van der Waals surface area contributed by atoms with Crippen molar-refractivity contribution < 1.29 is 9.90 Å². The van der Waals surface area contributed by atoms with Gasteiger partial charge in [-0.3, -0.25) is 4.79 Å². The Morgan fingerprint density at radius 3 is 2.33 bits per heavy atom. The lowest BCUT2D eigenvalue weighted by Gasteiger charge is -2.32. The normalized spacial score (nSPS) is 18.6. The molecule has 1 aliphatic rings. The average Bonchev–Trinajstić information content (AvgIpc) is 2.48. The summed E-state index contributed by atoms with van der Waals surface area (Å²) in [6.07, 6.45) is 1.42. The fourth-order valence-electron chi connectivity index (χ4n) is 2.54. The van der Waals surface area contributed by atoms with Crippen LogP contribution in [0, 0.1) is 0 Å². The van der Waals surface area contributed by atoms with E-state index in [9.17, 15) is 4.79 Å². The summed E-state index contributed by atoms with van der Waals surface area (Å²) in [7, 11) is 2.16. The number of benzene rings is 1. The molecule has 1 heterocycles. The van der Waals surface area contributed by atoms with Gasteiger partial charge in [0.25, 0.3) is 0 Å². The predicted molar refractivity (Wildman–Crippen MR) is 83.4 cm³/mol. The number of aliphatic carboxylic acids is 1. The Kier molecular flexibility index (Phi) is 5.73. The molecular weight excluding hydrogens is 266 g/mol. The molecule has 5 heteroatoms. The number of likely N-dealkylation sites (N-methyl/N-ethyl adjacent to an activating group) is 1. The van der Waals surface area contributed by atoms with E-state index in [2.05, 4.69) is 29.0 Å². The fourth-order valence-corrected chi connectivity index (χ4v) is 2.54. The Bertz CT molecular complexity index is 453. The van der Waals surface area contributed by atoms with Gasteiger partial charge in [0.15, 0.2) is 0 Å². The van der Waals surface area contributed by atoms with Gasteiger partial charge in [-0.1, -0.05) is 24.3 Å². The van der Waals surface area contributed by atoms with Crippen molar-refractivity contribution >= 4 is 5.97 Å². The second kappa shape index (κ2) is 7.54. The largest absolute Gasteiger partial charge is 0.480 e. The van der Waals surface area contributed by atoms with Crippen LogP contribution >= 0.6 is 0 Å². The van der Waals surface area contributed by atoms with Crippen LogP contribution in [0.3, 0.4) is 0 Å². The number of carboxylic acid groups (broad SMARTS) is 1. The van der Waals surface area contributed by atoms with Crippen LogP contribution in [0.2, 0.25) is 0 Å². The van der Waals surface area contributed by atoms with E-state index in [1.807, 2.05) is 12.1 Å². The topological polar surface area (TPSA) is 69.8 Å². The number of hydrogen-bond donors (Lipinski definition) is 2. The summed E-state index contributed by atoms with van der Waals surface area (Å²) in [6, 6.07) is 7.32. The second-order valence-corrected chi connectivity index (χ2v) is 5.86. The van der Waals surface area contributed by atoms with Crippen molar-refractivity contribution in [1.82, 2.24) is 9.80 Å². The van der Waals surface area contributed by atoms with E-state index in [-0.39, 0.29) is 0 Å². The predicted octanol–water partition coefficient (Wildman–Crippen LogP) is 0.431. The van der Waals surface area contributed by atoms with Gasteiger partial charge in [-0.25, -0.2) is 0 Å². The minimum Gasteiger partial charge on any atom is -0.480 e. The van der Waals surface area contributed by atoms with Gasteiger partial charge in [-0.05, 0) is 31.0 Å². The highest BCUT2D eigenvalue weighted by Gasteiger charge is 2.14. The zero-order chi connectivity index (χ0) is 15.2. The summed E-state index contributed by atoms with van der Waals surface area (Å²) in [5, 5.41) is 8.81. The van der Waals surface area contributed by atoms with Crippen molar-refractivity contribution in [3.05, 3.63) is 35.4 Å². The molecular formula is C16H25N3O2. The van der Waals surface area contributed by atoms with Gasteiger partial charge in [0.05, 0.1) is 0 Å². The van der Waals surface area contributed by atoms with E-state index in [1.165, 1.54) is 5.56 Å². The molecule has 2 rings (SSSR count). The second-order valence-electron chi connectivity index (χ2n) is 5.86. The van der Waals surface area contributed by atoms with E-state index < -0.39 is 12.0 Å². The molecule has 0 spiro atoms. The van der Waals surface area contributed by atoms with Gasteiger partial charge < -0.3 is 20.6 Å². The SMILES string of the molecule is CN1CCN(CCc2ccc(CC(N)C(=O)O)cc2)CC1. The van der Waals surface area contributed by atoms with Crippen LogP contribution in [0.15, 0.2) is 24.3 Å². The molecule has 1 atom stereocenters. The minimum absolute atomic E-state index is 0.383. The summed E-state index contributed by atoms with van der Waals surface area (Å²) in [6.45, 7) is 5.66. The molecule has 1 aliphatic heterocycles. The van der Waals surface area contributed by atoms with Gasteiger partial charge in [0.1, 0.15) is 6.04 Å². The van der Waals surface area contributed by atoms with Crippen molar-refractivity contribution in [2.75, 3.05) is 39.8 Å². The van der Waals surface area contributed by atoms with Gasteiger partial charge in [-0.15, -0.1) is 0 Å². The third-order valence-electron chi connectivity index (χ3n) is 4.11. The van der Waals surface area contributed by atoms with Crippen molar-refractivity contribution in [1.29, 1.82) is 0 Å². The third kappa shape index (κ3) is 5.12. The Balaban J connectivity index is 1.78. The fraction of sp³-hybridized carbons (Fsp3) is 0.562. The molecule has 0 bridgehead atoms. The molecule has 1 unspecified atom stereocenters. The first-order valence-electron chi connectivity index (χ1n) is 7.51. The van der Waals surface area contributed by atoms with Gasteiger partial charge in [-0.2, -0.15) is 0 Å². The van der Waals surface area contributed by atoms with E-state index in [4.69, 9.17) is 10.8 Å². The highest BCUT2D eigenvalue weighted by Crippen LogP contribution is 2.09. The summed E-state index contributed by atoms with van der Waals surface area (Å²) in [4.78, 5) is 15.6. The number of carbonyl (C=O) groups is 1. The number of hydrogen-bond acceptors (Lipinski definition) is 4. The van der Waals surface area contributed by atoms with Crippen LogP contribution in [-0.4, -0.2) is 66.7 Å². The first-order valence-corrected chi connectivity index (χ1v) is 7.51. The molecule has 1 aromatic rings. The first-order chi connectivity index (χ1) is 10.0. The lowest BCUT2D eigenvalue weighted by molar-refractivity contribution is -0.138. The van der Waals surface area contributed by atoms with Gasteiger partial charge >= 0.3 is 5.97 Å². The first kappa shape index (κ1) is 15.9. The van der Waals surface area contributed by atoms with Crippen LogP contribution in [0.25, 0.3) is 0 Å². The molecule has 1 saturated heterocycles. The smallest absolute Gasteiger partial charge is 0.320 e. The van der Waals surface area contributed by atoms with Gasteiger partial charge in [0, 0.05) is 32.7 Å². The third-order valence-corrected chi connectivity index (χ3v) is 4.11. The van der Waals surface area contributed by atoms with E-state index in [0.29, 0.717) is 6.42 Å². The highest BCUT2D eigenvalue weighted by atomic mass is 16.4. The summed E-state index contributed by atoms with van der Waals surface area (Å²) in [5.41, 5.74) is 7.82. The summed E-state index contributed by atoms with van der Waals surface area (Å²) in [5.74, 6) is -0.950. The van der Waals surface area contributed by atoms with E-state index in [1.54, 1.807) is 0 Å². The van der Waals surface area contributed by atoms with Crippen LogP contribution < -0.4 is 5.73 Å². The van der Waals surface area contributed by atoms with Crippen molar-refractivity contribution in [3.8, 4) is 0 Å². The van der Waals surface area contributed by atoms with Crippen molar-refractivity contribution in [2.24, 2.45) is 5.73 Å². The molecule has 116 valence electrons. The van der Waals surface area contributed by atoms with Crippen LogP contribution in [0.4, 0.5) is 0 Å². The molecule has 0 aromatic heterocycles. The highest BCUT2D eigenvalue weighted by molar-refractivity contribution is 5.73.